The number of hydrogen-bond donors (Lipinski definition) is 2. The van der Waals surface area contributed by atoms with Crippen LogP contribution in [0.1, 0.15) is 11.1 Å². The zero-order chi connectivity index (χ0) is 16.5. The molecule has 1 amide bonds. The first-order valence-corrected chi connectivity index (χ1v) is 6.99. The molecule has 2 aromatic carbocycles. The van der Waals surface area contributed by atoms with Gasteiger partial charge in [-0.25, -0.2) is 4.79 Å². The summed E-state index contributed by atoms with van der Waals surface area (Å²) in [5.74, 6) is 6.02. The molecule has 0 aliphatic heterocycles. The number of carbonyl (C=O) groups is 1. The van der Waals surface area contributed by atoms with E-state index in [-0.39, 0.29) is 18.9 Å². The monoisotopic (exact) mass is 311 g/mol. The molecule has 0 atom stereocenters. The van der Waals surface area contributed by atoms with Crippen molar-refractivity contribution in [2.75, 3.05) is 13.7 Å². The number of ether oxygens (including phenoxy) is 2. The number of hydrogen-bond acceptors (Lipinski definition) is 4. The van der Waals surface area contributed by atoms with Gasteiger partial charge in [-0.2, -0.15) is 0 Å². The highest BCUT2D eigenvalue weighted by molar-refractivity contribution is 5.67. The number of nitrogens with one attached hydrogen (secondary N) is 1. The Hall–Kier alpha value is -3.13. The van der Waals surface area contributed by atoms with E-state index in [1.807, 2.05) is 30.3 Å². The van der Waals surface area contributed by atoms with Crippen LogP contribution in [-0.4, -0.2) is 24.9 Å². The van der Waals surface area contributed by atoms with Gasteiger partial charge in [-0.3, -0.25) is 0 Å². The Kier molecular flexibility index (Phi) is 5.89. The summed E-state index contributed by atoms with van der Waals surface area (Å²) in [7, 11) is 1.48. The van der Waals surface area contributed by atoms with Crippen molar-refractivity contribution in [3.05, 3.63) is 59.7 Å². The van der Waals surface area contributed by atoms with Gasteiger partial charge in [0.05, 0.1) is 13.7 Å². The molecule has 0 spiro atoms. The molecule has 118 valence electrons. The lowest BCUT2D eigenvalue weighted by Crippen LogP contribution is -2.24. The zero-order valence-corrected chi connectivity index (χ0v) is 12.7. The second-order valence-corrected chi connectivity index (χ2v) is 4.60. The first-order chi connectivity index (χ1) is 11.2. The van der Waals surface area contributed by atoms with Crippen LogP contribution in [0, 0.1) is 11.8 Å². The van der Waals surface area contributed by atoms with E-state index in [4.69, 9.17) is 9.47 Å². The number of phenolic OH excluding ortho intramolecular Hbond substituents is 1. The SMILES string of the molecule is COc1ccc(C#CCNC(=O)OCc2ccccc2)cc1O. The summed E-state index contributed by atoms with van der Waals surface area (Å²) >= 11 is 0. The smallest absolute Gasteiger partial charge is 0.408 e. The molecule has 2 N–H and O–H groups in total. The Balaban J connectivity index is 1.76. The molecule has 2 aromatic rings. The predicted octanol–water partition coefficient (Wildman–Crippen LogP) is 2.68. The Labute approximate surface area is 134 Å². The van der Waals surface area contributed by atoms with Crippen molar-refractivity contribution < 1.29 is 19.4 Å². The van der Waals surface area contributed by atoms with Gasteiger partial charge in [0.2, 0.25) is 0 Å². The van der Waals surface area contributed by atoms with E-state index in [0.29, 0.717) is 11.3 Å². The third-order valence-electron chi connectivity index (χ3n) is 2.95. The van der Waals surface area contributed by atoms with Crippen molar-refractivity contribution >= 4 is 6.09 Å². The lowest BCUT2D eigenvalue weighted by molar-refractivity contribution is 0.141. The molecule has 23 heavy (non-hydrogen) atoms. The van der Waals surface area contributed by atoms with Crippen LogP contribution in [-0.2, 0) is 11.3 Å². The van der Waals surface area contributed by atoms with Gasteiger partial charge >= 0.3 is 6.09 Å². The molecule has 0 saturated carbocycles. The van der Waals surface area contributed by atoms with E-state index >= 15 is 0 Å². The fraction of sp³-hybridized carbons (Fsp3) is 0.167. The summed E-state index contributed by atoms with van der Waals surface area (Å²) in [6, 6.07) is 14.3. The van der Waals surface area contributed by atoms with Crippen LogP contribution in [0.15, 0.2) is 48.5 Å². The van der Waals surface area contributed by atoms with E-state index in [0.717, 1.165) is 5.56 Å². The van der Waals surface area contributed by atoms with E-state index < -0.39 is 6.09 Å². The van der Waals surface area contributed by atoms with Crippen LogP contribution in [0.5, 0.6) is 11.5 Å². The molecular weight excluding hydrogens is 294 g/mol. The van der Waals surface area contributed by atoms with Gasteiger partial charge in [-0.05, 0) is 23.8 Å². The minimum Gasteiger partial charge on any atom is -0.504 e. The molecule has 0 aromatic heterocycles. The largest absolute Gasteiger partial charge is 0.504 e. The zero-order valence-electron chi connectivity index (χ0n) is 12.7. The van der Waals surface area contributed by atoms with Crippen molar-refractivity contribution in [2.24, 2.45) is 0 Å². The molecule has 0 aliphatic carbocycles. The average Bonchev–Trinajstić information content (AvgIpc) is 2.58. The van der Waals surface area contributed by atoms with E-state index in [9.17, 15) is 9.90 Å². The number of carbonyl (C=O) groups excluding carboxylic acids is 1. The Morgan fingerprint density at radius 3 is 2.70 bits per heavy atom. The van der Waals surface area contributed by atoms with Crippen molar-refractivity contribution in [3.63, 3.8) is 0 Å². The number of benzene rings is 2. The first kappa shape index (κ1) is 16.2. The fourth-order valence-corrected chi connectivity index (χ4v) is 1.80. The highest BCUT2D eigenvalue weighted by Gasteiger charge is 2.01. The van der Waals surface area contributed by atoms with E-state index in [1.165, 1.54) is 13.2 Å². The number of phenols is 1. The van der Waals surface area contributed by atoms with Gasteiger partial charge in [-0.15, -0.1) is 0 Å². The van der Waals surface area contributed by atoms with Gasteiger partial charge in [0.15, 0.2) is 11.5 Å². The molecule has 0 fully saturated rings. The molecule has 0 heterocycles. The van der Waals surface area contributed by atoms with Gasteiger partial charge < -0.3 is 19.9 Å². The Morgan fingerprint density at radius 2 is 2.00 bits per heavy atom. The van der Waals surface area contributed by atoms with Gasteiger partial charge in [0.25, 0.3) is 0 Å². The molecule has 0 radical (unpaired) electrons. The molecule has 5 nitrogen and oxygen atoms in total. The number of amides is 1. The maximum absolute atomic E-state index is 11.5. The second kappa shape index (κ2) is 8.35. The van der Waals surface area contributed by atoms with Gasteiger partial charge in [-0.1, -0.05) is 42.2 Å². The number of methoxy groups -OCH3 is 1. The summed E-state index contributed by atoms with van der Waals surface area (Å²) in [6.45, 7) is 0.368. The van der Waals surface area contributed by atoms with Crippen LogP contribution in [0.4, 0.5) is 4.79 Å². The van der Waals surface area contributed by atoms with E-state index in [2.05, 4.69) is 17.2 Å². The maximum Gasteiger partial charge on any atom is 0.408 e. The molecular formula is C18H17NO4. The number of rotatable bonds is 4. The standard InChI is InChI=1S/C18H17NO4/c1-22-17-10-9-14(12-16(17)20)8-5-11-19-18(21)23-13-15-6-3-2-4-7-15/h2-4,6-7,9-10,12,20H,11,13H2,1H3,(H,19,21). The topological polar surface area (TPSA) is 67.8 Å². The Morgan fingerprint density at radius 1 is 1.22 bits per heavy atom. The summed E-state index contributed by atoms with van der Waals surface area (Å²) in [5, 5.41) is 12.2. The van der Waals surface area contributed by atoms with E-state index in [1.54, 1.807) is 12.1 Å². The van der Waals surface area contributed by atoms with Crippen LogP contribution in [0.25, 0.3) is 0 Å². The van der Waals surface area contributed by atoms with Crippen molar-refractivity contribution in [3.8, 4) is 23.3 Å². The van der Waals surface area contributed by atoms with Crippen LogP contribution in [0.3, 0.4) is 0 Å². The quantitative estimate of drug-likeness (QED) is 0.852. The van der Waals surface area contributed by atoms with Gasteiger partial charge in [0, 0.05) is 5.56 Å². The third kappa shape index (κ3) is 5.29. The number of alkyl carbamates (subject to hydrolysis) is 1. The van der Waals surface area contributed by atoms with Crippen molar-refractivity contribution in [1.29, 1.82) is 0 Å². The molecule has 0 aliphatic rings. The van der Waals surface area contributed by atoms with Crippen molar-refractivity contribution in [2.45, 2.75) is 6.61 Å². The molecule has 0 unspecified atom stereocenters. The lowest BCUT2D eigenvalue weighted by atomic mass is 10.2. The number of aromatic hydroxyl groups is 1. The normalized spacial score (nSPS) is 9.43. The predicted molar refractivity (Wildman–Crippen MR) is 86.2 cm³/mol. The summed E-state index contributed by atoms with van der Waals surface area (Å²) in [4.78, 5) is 11.5. The summed E-state index contributed by atoms with van der Waals surface area (Å²) < 4.78 is 10.0. The van der Waals surface area contributed by atoms with Crippen LogP contribution in [0.2, 0.25) is 0 Å². The lowest BCUT2D eigenvalue weighted by Gasteiger charge is -2.04. The highest BCUT2D eigenvalue weighted by Crippen LogP contribution is 2.25. The maximum atomic E-state index is 11.5. The van der Waals surface area contributed by atoms with Crippen LogP contribution >= 0.6 is 0 Å². The summed E-state index contributed by atoms with van der Waals surface area (Å²) in [6.07, 6.45) is -0.527. The van der Waals surface area contributed by atoms with Crippen LogP contribution < -0.4 is 10.1 Å². The second-order valence-electron chi connectivity index (χ2n) is 4.60. The highest BCUT2D eigenvalue weighted by atomic mass is 16.5. The third-order valence-corrected chi connectivity index (χ3v) is 2.95. The molecule has 0 bridgehead atoms. The minimum atomic E-state index is -0.527. The molecule has 5 heteroatoms. The van der Waals surface area contributed by atoms with Crippen molar-refractivity contribution in [1.82, 2.24) is 5.32 Å². The minimum absolute atomic E-state index is 0.0227. The first-order valence-electron chi connectivity index (χ1n) is 6.99. The summed E-state index contributed by atoms with van der Waals surface area (Å²) in [5.41, 5.74) is 1.55. The average molecular weight is 311 g/mol. The van der Waals surface area contributed by atoms with Gasteiger partial charge in [0.1, 0.15) is 6.61 Å². The molecule has 0 saturated heterocycles. The fourth-order valence-electron chi connectivity index (χ4n) is 1.80. The Bertz CT molecular complexity index is 717. The molecule has 2 rings (SSSR count).